The lowest BCUT2D eigenvalue weighted by Gasteiger charge is -2.34. The molecule has 0 bridgehead atoms. The summed E-state index contributed by atoms with van der Waals surface area (Å²) in [7, 11) is -3.06. The van der Waals surface area contributed by atoms with Gasteiger partial charge in [0.25, 0.3) is 0 Å². The molecular formula is C12H20N4O2S2. The van der Waals surface area contributed by atoms with Gasteiger partial charge in [-0.15, -0.1) is 0 Å². The normalized spacial score (nSPS) is 20.8. The van der Waals surface area contributed by atoms with Gasteiger partial charge in [0, 0.05) is 36.5 Å². The summed E-state index contributed by atoms with van der Waals surface area (Å²) in [5.74, 6) is 7.72. The minimum Gasteiger partial charge on any atom is -0.308 e. The molecule has 0 amide bonds. The van der Waals surface area contributed by atoms with Crippen LogP contribution in [-0.2, 0) is 16.4 Å². The van der Waals surface area contributed by atoms with Crippen LogP contribution in [-0.4, -0.2) is 47.5 Å². The number of anilines is 1. The fourth-order valence-corrected chi connectivity index (χ4v) is 5.29. The van der Waals surface area contributed by atoms with Crippen LogP contribution in [0, 0.1) is 0 Å². The van der Waals surface area contributed by atoms with E-state index in [9.17, 15) is 8.42 Å². The van der Waals surface area contributed by atoms with E-state index in [1.807, 2.05) is 17.0 Å². The number of thioether (sulfide) groups is 1. The van der Waals surface area contributed by atoms with Gasteiger partial charge in [-0.25, -0.2) is 19.2 Å². The standard InChI is InChI=1S/C12H20N4O2S2/c1-2-20(17,18)12-9-19-6-5-16(12)8-10-3-4-14-11(7-10)15-13/h3-4,7,12H,2,5-6,8-9,13H2,1H3,(H,14,15). The monoisotopic (exact) mass is 316 g/mol. The fraction of sp³-hybridized carbons (Fsp3) is 0.583. The Bertz CT molecular complexity index is 550. The Hall–Kier alpha value is -0.830. The maximum atomic E-state index is 12.2. The van der Waals surface area contributed by atoms with Gasteiger partial charge in [0.2, 0.25) is 0 Å². The smallest absolute Gasteiger partial charge is 0.166 e. The number of nitrogens with two attached hydrogens (primary N) is 1. The van der Waals surface area contributed by atoms with Crippen LogP contribution in [0.4, 0.5) is 5.82 Å². The first-order valence-corrected chi connectivity index (χ1v) is 9.38. The van der Waals surface area contributed by atoms with Crippen LogP contribution in [0.5, 0.6) is 0 Å². The second-order valence-electron chi connectivity index (χ2n) is 4.65. The lowest BCUT2D eigenvalue weighted by molar-refractivity contribution is 0.261. The Labute approximate surface area is 124 Å². The van der Waals surface area contributed by atoms with Crippen LogP contribution >= 0.6 is 11.8 Å². The van der Waals surface area contributed by atoms with Crippen LogP contribution in [0.2, 0.25) is 0 Å². The quantitative estimate of drug-likeness (QED) is 0.610. The summed E-state index contributed by atoms with van der Waals surface area (Å²) in [6, 6.07) is 3.73. The van der Waals surface area contributed by atoms with Gasteiger partial charge in [0.05, 0.1) is 0 Å². The van der Waals surface area contributed by atoms with E-state index in [2.05, 4.69) is 10.4 Å². The van der Waals surface area contributed by atoms with Crippen molar-refractivity contribution in [3.63, 3.8) is 0 Å². The van der Waals surface area contributed by atoms with E-state index >= 15 is 0 Å². The van der Waals surface area contributed by atoms with Crippen molar-refractivity contribution >= 4 is 27.4 Å². The lowest BCUT2D eigenvalue weighted by atomic mass is 10.2. The van der Waals surface area contributed by atoms with Crippen molar-refractivity contribution in [3.8, 4) is 0 Å². The zero-order chi connectivity index (χ0) is 14.6. The zero-order valence-electron chi connectivity index (χ0n) is 11.4. The van der Waals surface area contributed by atoms with Crippen LogP contribution in [0.1, 0.15) is 12.5 Å². The van der Waals surface area contributed by atoms with Gasteiger partial charge in [0.15, 0.2) is 9.84 Å². The summed E-state index contributed by atoms with van der Waals surface area (Å²) in [5.41, 5.74) is 3.52. The molecule has 0 aliphatic carbocycles. The highest BCUT2D eigenvalue weighted by atomic mass is 32.2. The molecule has 2 heterocycles. The molecule has 0 radical (unpaired) electrons. The zero-order valence-corrected chi connectivity index (χ0v) is 13.1. The molecule has 112 valence electrons. The van der Waals surface area contributed by atoms with Gasteiger partial charge in [-0.3, -0.25) is 4.90 Å². The highest BCUT2D eigenvalue weighted by Gasteiger charge is 2.32. The number of pyridine rings is 1. The minimum atomic E-state index is -3.06. The summed E-state index contributed by atoms with van der Waals surface area (Å²) in [6.45, 7) is 3.08. The lowest BCUT2D eigenvalue weighted by Crippen LogP contribution is -2.47. The molecule has 6 nitrogen and oxygen atoms in total. The number of rotatable bonds is 5. The fourth-order valence-electron chi connectivity index (χ4n) is 2.21. The number of hydrazine groups is 1. The number of nitrogen functional groups attached to an aromatic ring is 1. The first-order valence-electron chi connectivity index (χ1n) is 6.51. The molecule has 1 atom stereocenters. The molecule has 3 N–H and O–H groups in total. The van der Waals surface area contributed by atoms with Crippen molar-refractivity contribution in [1.29, 1.82) is 0 Å². The van der Waals surface area contributed by atoms with E-state index in [1.165, 1.54) is 0 Å². The number of nitrogens with zero attached hydrogens (tertiary/aromatic N) is 2. The molecule has 1 fully saturated rings. The SMILES string of the molecule is CCS(=O)(=O)C1CSCCN1Cc1ccnc(NN)c1. The molecule has 0 spiro atoms. The molecule has 1 aromatic heterocycles. The van der Waals surface area contributed by atoms with Gasteiger partial charge < -0.3 is 5.43 Å². The van der Waals surface area contributed by atoms with Gasteiger partial charge >= 0.3 is 0 Å². The molecule has 1 aromatic rings. The van der Waals surface area contributed by atoms with E-state index < -0.39 is 15.2 Å². The Balaban J connectivity index is 2.16. The number of nitrogens with one attached hydrogen (secondary N) is 1. The second-order valence-corrected chi connectivity index (χ2v) is 8.24. The van der Waals surface area contributed by atoms with Crippen LogP contribution in [0.3, 0.4) is 0 Å². The van der Waals surface area contributed by atoms with Crippen LogP contribution < -0.4 is 11.3 Å². The molecule has 0 saturated carbocycles. The number of aromatic nitrogens is 1. The molecule has 20 heavy (non-hydrogen) atoms. The van der Waals surface area contributed by atoms with Gasteiger partial charge in [0.1, 0.15) is 11.2 Å². The minimum absolute atomic E-state index is 0.181. The maximum absolute atomic E-state index is 12.2. The molecule has 0 aromatic carbocycles. The van der Waals surface area contributed by atoms with Crippen LogP contribution in [0.15, 0.2) is 18.3 Å². The third kappa shape index (κ3) is 3.63. The van der Waals surface area contributed by atoms with Crippen molar-refractivity contribution in [3.05, 3.63) is 23.9 Å². The molecule has 1 aliphatic rings. The third-order valence-electron chi connectivity index (χ3n) is 3.37. The van der Waals surface area contributed by atoms with Crippen LogP contribution in [0.25, 0.3) is 0 Å². The average Bonchev–Trinajstić information content (AvgIpc) is 2.48. The van der Waals surface area contributed by atoms with Crippen molar-refractivity contribution in [2.75, 3.05) is 29.2 Å². The highest BCUT2D eigenvalue weighted by Crippen LogP contribution is 2.23. The summed E-state index contributed by atoms with van der Waals surface area (Å²) >= 11 is 1.70. The Morgan fingerprint density at radius 3 is 3.10 bits per heavy atom. The first-order chi connectivity index (χ1) is 9.56. The molecular weight excluding hydrogens is 296 g/mol. The van der Waals surface area contributed by atoms with Gasteiger partial charge in [-0.05, 0) is 17.7 Å². The predicted molar refractivity (Wildman–Crippen MR) is 83.0 cm³/mol. The van der Waals surface area contributed by atoms with Crippen molar-refractivity contribution < 1.29 is 8.42 Å². The maximum Gasteiger partial charge on any atom is 0.166 e. The number of hydrogen-bond acceptors (Lipinski definition) is 7. The van der Waals surface area contributed by atoms with E-state index in [1.54, 1.807) is 24.9 Å². The van der Waals surface area contributed by atoms with Crippen molar-refractivity contribution in [2.24, 2.45) is 5.84 Å². The number of hydrogen-bond donors (Lipinski definition) is 2. The largest absolute Gasteiger partial charge is 0.308 e. The molecule has 2 rings (SSSR count). The molecule has 1 unspecified atom stereocenters. The highest BCUT2D eigenvalue weighted by molar-refractivity contribution is 8.01. The van der Waals surface area contributed by atoms with E-state index in [0.29, 0.717) is 18.1 Å². The Morgan fingerprint density at radius 2 is 2.40 bits per heavy atom. The van der Waals surface area contributed by atoms with Gasteiger partial charge in [-0.2, -0.15) is 11.8 Å². The van der Waals surface area contributed by atoms with E-state index in [4.69, 9.17) is 5.84 Å². The van der Waals surface area contributed by atoms with E-state index in [-0.39, 0.29) is 5.75 Å². The topological polar surface area (TPSA) is 88.3 Å². The third-order valence-corrected chi connectivity index (χ3v) is 6.70. The van der Waals surface area contributed by atoms with Crippen molar-refractivity contribution in [1.82, 2.24) is 9.88 Å². The van der Waals surface area contributed by atoms with Crippen molar-refractivity contribution in [2.45, 2.75) is 18.8 Å². The van der Waals surface area contributed by atoms with Gasteiger partial charge in [-0.1, -0.05) is 6.92 Å². The summed E-state index contributed by atoms with van der Waals surface area (Å²) in [6.07, 6.45) is 1.67. The molecule has 8 heteroatoms. The molecule has 1 saturated heterocycles. The predicted octanol–water partition coefficient (Wildman–Crippen LogP) is 0.677. The Kier molecular flexibility index (Phi) is 5.25. The first kappa shape index (κ1) is 15.6. The summed E-state index contributed by atoms with van der Waals surface area (Å²) in [5, 5.41) is -0.395. The van der Waals surface area contributed by atoms with E-state index in [0.717, 1.165) is 17.9 Å². The Morgan fingerprint density at radius 1 is 1.60 bits per heavy atom. The summed E-state index contributed by atoms with van der Waals surface area (Å²) in [4.78, 5) is 6.09. The molecule has 1 aliphatic heterocycles. The average molecular weight is 316 g/mol. The summed E-state index contributed by atoms with van der Waals surface area (Å²) < 4.78 is 24.4. The number of sulfone groups is 1. The second kappa shape index (κ2) is 6.75.